The first-order valence-corrected chi connectivity index (χ1v) is 8.16. The van der Waals surface area contributed by atoms with Gasteiger partial charge in [0.05, 0.1) is 18.2 Å². The molecule has 1 aliphatic rings. The number of hydrogen-bond donors (Lipinski definition) is 1. The van der Waals surface area contributed by atoms with Crippen LogP contribution < -0.4 is 5.73 Å². The SMILES string of the molecule is CCc1cc(CC)c(C(N)C2CCC(C)O2)c(CC)c1. The first-order valence-electron chi connectivity index (χ1n) is 8.16. The average Bonchev–Trinajstić information content (AvgIpc) is 2.91. The van der Waals surface area contributed by atoms with Crippen LogP contribution in [0.1, 0.15) is 68.8 Å². The summed E-state index contributed by atoms with van der Waals surface area (Å²) in [5, 5.41) is 0. The van der Waals surface area contributed by atoms with Crippen molar-refractivity contribution in [3.8, 4) is 0 Å². The molecule has 1 aromatic carbocycles. The van der Waals surface area contributed by atoms with Crippen LogP contribution in [0.5, 0.6) is 0 Å². The van der Waals surface area contributed by atoms with E-state index < -0.39 is 0 Å². The van der Waals surface area contributed by atoms with Crippen molar-refractivity contribution in [2.45, 2.75) is 78.0 Å². The Labute approximate surface area is 123 Å². The normalized spacial score (nSPS) is 24.1. The Morgan fingerprint density at radius 2 is 1.70 bits per heavy atom. The Morgan fingerprint density at radius 1 is 1.10 bits per heavy atom. The van der Waals surface area contributed by atoms with Gasteiger partial charge in [-0.2, -0.15) is 0 Å². The van der Waals surface area contributed by atoms with Crippen molar-refractivity contribution in [3.05, 3.63) is 34.4 Å². The van der Waals surface area contributed by atoms with Crippen LogP contribution in [-0.4, -0.2) is 12.2 Å². The first-order chi connectivity index (χ1) is 9.60. The molecule has 0 aromatic heterocycles. The van der Waals surface area contributed by atoms with Crippen molar-refractivity contribution in [1.82, 2.24) is 0 Å². The zero-order valence-corrected chi connectivity index (χ0v) is 13.4. The van der Waals surface area contributed by atoms with Crippen LogP contribution in [0.15, 0.2) is 12.1 Å². The summed E-state index contributed by atoms with van der Waals surface area (Å²) in [5.74, 6) is 0. The molecule has 0 radical (unpaired) electrons. The zero-order valence-electron chi connectivity index (χ0n) is 13.4. The minimum Gasteiger partial charge on any atom is -0.373 e. The third-order valence-corrected chi connectivity index (χ3v) is 4.58. The van der Waals surface area contributed by atoms with Gasteiger partial charge < -0.3 is 10.5 Å². The van der Waals surface area contributed by atoms with Gasteiger partial charge in [0.25, 0.3) is 0 Å². The quantitative estimate of drug-likeness (QED) is 0.883. The Balaban J connectivity index is 2.38. The zero-order chi connectivity index (χ0) is 14.7. The highest BCUT2D eigenvalue weighted by Gasteiger charge is 2.30. The monoisotopic (exact) mass is 275 g/mol. The molecule has 0 saturated carbocycles. The van der Waals surface area contributed by atoms with Crippen LogP contribution in [0, 0.1) is 0 Å². The highest BCUT2D eigenvalue weighted by atomic mass is 16.5. The highest BCUT2D eigenvalue weighted by Crippen LogP contribution is 2.33. The van der Waals surface area contributed by atoms with Gasteiger partial charge in [-0.3, -0.25) is 0 Å². The summed E-state index contributed by atoms with van der Waals surface area (Å²) >= 11 is 0. The molecule has 20 heavy (non-hydrogen) atoms. The molecule has 1 aromatic rings. The van der Waals surface area contributed by atoms with E-state index in [1.807, 2.05) is 0 Å². The molecule has 3 atom stereocenters. The number of rotatable bonds is 5. The van der Waals surface area contributed by atoms with E-state index in [4.69, 9.17) is 10.5 Å². The Morgan fingerprint density at radius 3 is 2.10 bits per heavy atom. The Kier molecular flexibility index (Phi) is 5.22. The van der Waals surface area contributed by atoms with E-state index in [0.717, 1.165) is 32.1 Å². The van der Waals surface area contributed by atoms with Crippen molar-refractivity contribution in [3.63, 3.8) is 0 Å². The van der Waals surface area contributed by atoms with E-state index in [9.17, 15) is 0 Å². The molecule has 2 heteroatoms. The Bertz CT molecular complexity index is 430. The summed E-state index contributed by atoms with van der Waals surface area (Å²) in [4.78, 5) is 0. The van der Waals surface area contributed by atoms with Crippen molar-refractivity contribution >= 4 is 0 Å². The number of hydrogen-bond acceptors (Lipinski definition) is 2. The van der Waals surface area contributed by atoms with E-state index in [1.165, 1.54) is 22.3 Å². The third kappa shape index (κ3) is 3.07. The van der Waals surface area contributed by atoms with E-state index in [2.05, 4.69) is 39.8 Å². The Hall–Kier alpha value is -0.860. The molecule has 0 amide bonds. The number of aryl methyl sites for hydroxylation is 3. The molecule has 0 aliphatic carbocycles. The van der Waals surface area contributed by atoms with Gasteiger partial charge >= 0.3 is 0 Å². The number of nitrogens with two attached hydrogens (primary N) is 1. The summed E-state index contributed by atoms with van der Waals surface area (Å²) in [6.45, 7) is 8.81. The molecular formula is C18H29NO. The van der Waals surface area contributed by atoms with Gasteiger partial charge in [0.1, 0.15) is 0 Å². The van der Waals surface area contributed by atoms with Gasteiger partial charge in [-0.15, -0.1) is 0 Å². The van der Waals surface area contributed by atoms with Gasteiger partial charge in [-0.05, 0) is 61.3 Å². The van der Waals surface area contributed by atoms with Crippen LogP contribution >= 0.6 is 0 Å². The maximum atomic E-state index is 6.58. The number of ether oxygens (including phenoxy) is 1. The molecule has 1 aliphatic heterocycles. The smallest absolute Gasteiger partial charge is 0.0772 e. The van der Waals surface area contributed by atoms with Crippen LogP contribution in [-0.2, 0) is 24.0 Å². The predicted octanol–water partition coefficient (Wildman–Crippen LogP) is 3.94. The molecule has 2 nitrogen and oxygen atoms in total. The fraction of sp³-hybridized carbons (Fsp3) is 0.667. The molecular weight excluding hydrogens is 246 g/mol. The van der Waals surface area contributed by atoms with Crippen LogP contribution in [0.3, 0.4) is 0 Å². The molecule has 1 saturated heterocycles. The van der Waals surface area contributed by atoms with Crippen molar-refractivity contribution in [2.24, 2.45) is 5.73 Å². The molecule has 3 unspecified atom stereocenters. The molecule has 1 heterocycles. The second-order valence-corrected chi connectivity index (χ2v) is 5.98. The van der Waals surface area contributed by atoms with E-state index in [-0.39, 0.29) is 12.1 Å². The summed E-state index contributed by atoms with van der Waals surface area (Å²) in [5.41, 5.74) is 12.2. The molecule has 0 bridgehead atoms. The lowest BCUT2D eigenvalue weighted by atomic mass is 9.87. The third-order valence-electron chi connectivity index (χ3n) is 4.58. The van der Waals surface area contributed by atoms with E-state index >= 15 is 0 Å². The van der Waals surface area contributed by atoms with Gasteiger partial charge in [0.2, 0.25) is 0 Å². The van der Waals surface area contributed by atoms with Crippen LogP contribution in [0.25, 0.3) is 0 Å². The standard InChI is InChI=1S/C18H29NO/c1-5-13-10-14(6-2)17(15(7-3)11-13)18(19)16-9-8-12(4)20-16/h10-12,16,18H,5-9,19H2,1-4H3. The average molecular weight is 275 g/mol. The fourth-order valence-corrected chi connectivity index (χ4v) is 3.35. The minimum atomic E-state index is 0.0238. The van der Waals surface area contributed by atoms with E-state index in [0.29, 0.717) is 6.10 Å². The maximum Gasteiger partial charge on any atom is 0.0772 e. The van der Waals surface area contributed by atoms with Gasteiger partial charge in [0.15, 0.2) is 0 Å². The van der Waals surface area contributed by atoms with Crippen LogP contribution in [0.4, 0.5) is 0 Å². The second-order valence-electron chi connectivity index (χ2n) is 5.98. The van der Waals surface area contributed by atoms with Crippen molar-refractivity contribution < 1.29 is 4.74 Å². The fourth-order valence-electron chi connectivity index (χ4n) is 3.35. The summed E-state index contributed by atoms with van der Waals surface area (Å²) in [6, 6.07) is 4.70. The first kappa shape index (κ1) is 15.5. The lowest BCUT2D eigenvalue weighted by Crippen LogP contribution is -2.28. The molecule has 1 fully saturated rings. The lowest BCUT2D eigenvalue weighted by Gasteiger charge is -2.25. The van der Waals surface area contributed by atoms with Crippen molar-refractivity contribution in [1.29, 1.82) is 0 Å². The van der Waals surface area contributed by atoms with E-state index in [1.54, 1.807) is 0 Å². The summed E-state index contributed by atoms with van der Waals surface area (Å²) in [6.07, 6.45) is 5.95. The minimum absolute atomic E-state index is 0.0238. The second kappa shape index (κ2) is 6.73. The topological polar surface area (TPSA) is 35.2 Å². The highest BCUT2D eigenvalue weighted by molar-refractivity contribution is 5.42. The summed E-state index contributed by atoms with van der Waals surface area (Å²) in [7, 11) is 0. The molecule has 0 spiro atoms. The lowest BCUT2D eigenvalue weighted by molar-refractivity contribution is 0.0398. The maximum absolute atomic E-state index is 6.58. The molecule has 2 rings (SSSR count). The van der Waals surface area contributed by atoms with Gasteiger partial charge in [-0.1, -0.05) is 32.9 Å². The molecule has 112 valence electrons. The van der Waals surface area contributed by atoms with Crippen molar-refractivity contribution in [2.75, 3.05) is 0 Å². The van der Waals surface area contributed by atoms with Gasteiger partial charge in [0, 0.05) is 0 Å². The number of benzene rings is 1. The summed E-state index contributed by atoms with van der Waals surface area (Å²) < 4.78 is 6.01. The van der Waals surface area contributed by atoms with Crippen LogP contribution in [0.2, 0.25) is 0 Å². The van der Waals surface area contributed by atoms with Gasteiger partial charge in [-0.25, -0.2) is 0 Å². The largest absolute Gasteiger partial charge is 0.373 e. The molecule has 2 N–H and O–H groups in total. The predicted molar refractivity (Wildman–Crippen MR) is 85.1 cm³/mol.